The fourth-order valence-electron chi connectivity index (χ4n) is 7.38. The highest BCUT2D eigenvalue weighted by molar-refractivity contribution is 5.71. The van der Waals surface area contributed by atoms with Gasteiger partial charge >= 0.3 is 17.9 Å². The van der Waals surface area contributed by atoms with Crippen LogP contribution in [0.15, 0.2) is 60.8 Å². The van der Waals surface area contributed by atoms with Crippen LogP contribution in [0.5, 0.6) is 0 Å². The van der Waals surface area contributed by atoms with E-state index in [2.05, 4.69) is 63.3 Å². The lowest BCUT2D eigenvalue weighted by atomic mass is 10.0. The van der Waals surface area contributed by atoms with Crippen LogP contribution in [-0.4, -0.2) is 37.2 Å². The van der Waals surface area contributed by atoms with Gasteiger partial charge in [-0.2, -0.15) is 0 Å². The zero-order valence-corrected chi connectivity index (χ0v) is 40.9. The Morgan fingerprint density at radius 3 is 1.08 bits per heavy atom. The van der Waals surface area contributed by atoms with E-state index in [9.17, 15) is 14.4 Å². The number of esters is 3. The van der Waals surface area contributed by atoms with Crippen molar-refractivity contribution in [3.8, 4) is 0 Å². The summed E-state index contributed by atoms with van der Waals surface area (Å²) in [6, 6.07) is 0. The van der Waals surface area contributed by atoms with Crippen LogP contribution in [0.2, 0.25) is 0 Å². The summed E-state index contributed by atoms with van der Waals surface area (Å²) >= 11 is 0. The van der Waals surface area contributed by atoms with Crippen molar-refractivity contribution in [1.29, 1.82) is 0 Å². The van der Waals surface area contributed by atoms with E-state index in [0.29, 0.717) is 19.3 Å². The molecule has 1 atom stereocenters. The van der Waals surface area contributed by atoms with Gasteiger partial charge in [0.2, 0.25) is 0 Å². The lowest BCUT2D eigenvalue weighted by Crippen LogP contribution is -2.30. The number of carbonyl (C=O) groups excluding carboxylic acids is 3. The Morgan fingerprint density at radius 2 is 0.661 bits per heavy atom. The molecule has 0 aliphatic carbocycles. The molecule has 0 aliphatic heterocycles. The van der Waals surface area contributed by atoms with Crippen molar-refractivity contribution in [1.82, 2.24) is 0 Å². The van der Waals surface area contributed by atoms with Crippen LogP contribution in [-0.2, 0) is 28.6 Å². The lowest BCUT2D eigenvalue weighted by Gasteiger charge is -2.18. The highest BCUT2D eigenvalue weighted by atomic mass is 16.6. The fourth-order valence-corrected chi connectivity index (χ4v) is 7.38. The quantitative estimate of drug-likeness (QED) is 0.0199. The van der Waals surface area contributed by atoms with Gasteiger partial charge in [-0.15, -0.1) is 0 Å². The van der Waals surface area contributed by atoms with Crippen molar-refractivity contribution in [2.45, 2.75) is 264 Å². The molecule has 6 nitrogen and oxygen atoms in total. The Hall–Kier alpha value is -2.89. The molecule has 62 heavy (non-hydrogen) atoms. The summed E-state index contributed by atoms with van der Waals surface area (Å²) in [6.45, 7) is 6.44. The molecule has 0 spiro atoms. The third-order valence-electron chi connectivity index (χ3n) is 11.4. The summed E-state index contributed by atoms with van der Waals surface area (Å²) in [4.78, 5) is 37.9. The standard InChI is InChI=1S/C56H98O6/c1-4-7-10-13-16-19-22-24-26-27-28-29-31-32-34-37-40-43-46-49-55(58)61-52-53(51-60-54(57)48-45-42-39-36-21-18-15-12-9-6-3)62-56(59)50-47-44-41-38-35-33-30-25-23-20-17-14-11-8-5-2/h8,11,14-15,17-18,20,23,25,30,53H,4-7,9-10,12-13,16,19,21-22,24,26-29,31-52H2,1-3H3/b11-8-,17-14-,18-15-,23-20-,30-25-. The second-order valence-corrected chi connectivity index (χ2v) is 17.5. The first-order valence-electron chi connectivity index (χ1n) is 26.3. The van der Waals surface area contributed by atoms with Gasteiger partial charge in [0.25, 0.3) is 0 Å². The molecule has 0 amide bonds. The summed E-state index contributed by atoms with van der Waals surface area (Å²) in [6.07, 6.45) is 62.1. The van der Waals surface area contributed by atoms with Crippen molar-refractivity contribution in [3.05, 3.63) is 60.8 Å². The Balaban J connectivity index is 4.33. The molecule has 0 bridgehead atoms. The maximum Gasteiger partial charge on any atom is 0.306 e. The van der Waals surface area contributed by atoms with Crippen molar-refractivity contribution >= 4 is 17.9 Å². The van der Waals surface area contributed by atoms with Gasteiger partial charge in [0, 0.05) is 19.3 Å². The number of hydrogen-bond donors (Lipinski definition) is 0. The topological polar surface area (TPSA) is 78.9 Å². The molecule has 358 valence electrons. The predicted octanol–water partition coefficient (Wildman–Crippen LogP) is 17.3. The second kappa shape index (κ2) is 50.8. The highest BCUT2D eigenvalue weighted by Crippen LogP contribution is 2.16. The van der Waals surface area contributed by atoms with Crippen LogP contribution in [0.25, 0.3) is 0 Å². The highest BCUT2D eigenvalue weighted by Gasteiger charge is 2.19. The number of allylic oxidation sites excluding steroid dienone is 10. The Bertz CT molecular complexity index is 1130. The zero-order valence-electron chi connectivity index (χ0n) is 40.9. The summed E-state index contributed by atoms with van der Waals surface area (Å²) in [5, 5.41) is 0. The molecule has 0 aliphatic rings. The van der Waals surface area contributed by atoms with E-state index in [1.165, 1.54) is 116 Å². The van der Waals surface area contributed by atoms with Crippen molar-refractivity contribution in [3.63, 3.8) is 0 Å². The predicted molar refractivity (Wildman–Crippen MR) is 265 cm³/mol. The van der Waals surface area contributed by atoms with E-state index >= 15 is 0 Å². The van der Waals surface area contributed by atoms with Crippen LogP contribution < -0.4 is 0 Å². The van der Waals surface area contributed by atoms with E-state index in [1.807, 2.05) is 18.2 Å². The first kappa shape index (κ1) is 59.1. The minimum Gasteiger partial charge on any atom is -0.462 e. The van der Waals surface area contributed by atoms with E-state index in [0.717, 1.165) is 103 Å². The normalized spacial score (nSPS) is 12.5. The fraction of sp³-hybridized carbons (Fsp3) is 0.768. The molecule has 1 unspecified atom stereocenters. The van der Waals surface area contributed by atoms with Crippen LogP contribution in [0.4, 0.5) is 0 Å². The van der Waals surface area contributed by atoms with E-state index in [1.54, 1.807) is 0 Å². The molecule has 0 N–H and O–H groups in total. The minimum absolute atomic E-state index is 0.0857. The minimum atomic E-state index is -0.788. The van der Waals surface area contributed by atoms with E-state index in [4.69, 9.17) is 14.2 Å². The smallest absolute Gasteiger partial charge is 0.306 e. The average Bonchev–Trinajstić information content (AvgIpc) is 3.27. The van der Waals surface area contributed by atoms with Crippen molar-refractivity contribution < 1.29 is 28.6 Å². The third kappa shape index (κ3) is 48.1. The average molecular weight is 867 g/mol. The maximum atomic E-state index is 12.8. The number of hydrogen-bond acceptors (Lipinski definition) is 6. The summed E-state index contributed by atoms with van der Waals surface area (Å²) in [5.74, 6) is -0.917. The van der Waals surface area contributed by atoms with Crippen molar-refractivity contribution in [2.75, 3.05) is 13.2 Å². The molecule has 0 rings (SSSR count). The molecule has 0 aromatic carbocycles. The molecule has 0 saturated heterocycles. The third-order valence-corrected chi connectivity index (χ3v) is 11.4. The molecule has 0 aromatic rings. The molecular formula is C56H98O6. The van der Waals surface area contributed by atoms with Gasteiger partial charge in [0.05, 0.1) is 0 Å². The first-order valence-corrected chi connectivity index (χ1v) is 26.3. The van der Waals surface area contributed by atoms with Gasteiger partial charge in [0.1, 0.15) is 13.2 Å². The van der Waals surface area contributed by atoms with Gasteiger partial charge < -0.3 is 14.2 Å². The second-order valence-electron chi connectivity index (χ2n) is 17.5. The zero-order chi connectivity index (χ0) is 45.1. The van der Waals surface area contributed by atoms with Crippen LogP contribution in [0.1, 0.15) is 258 Å². The summed E-state index contributed by atoms with van der Waals surface area (Å²) in [5.41, 5.74) is 0. The Morgan fingerprint density at radius 1 is 0.339 bits per heavy atom. The van der Waals surface area contributed by atoms with Gasteiger partial charge in [-0.05, 0) is 57.8 Å². The molecular weight excluding hydrogens is 769 g/mol. The molecule has 0 heterocycles. The molecule has 0 fully saturated rings. The van der Waals surface area contributed by atoms with E-state index in [-0.39, 0.29) is 31.1 Å². The van der Waals surface area contributed by atoms with Crippen molar-refractivity contribution in [2.24, 2.45) is 0 Å². The maximum absolute atomic E-state index is 12.8. The molecule has 0 radical (unpaired) electrons. The molecule has 0 aromatic heterocycles. The first-order chi connectivity index (χ1) is 30.5. The van der Waals surface area contributed by atoms with Crippen LogP contribution in [0.3, 0.4) is 0 Å². The molecule has 0 saturated carbocycles. The Labute approximate surface area is 383 Å². The van der Waals surface area contributed by atoms with E-state index < -0.39 is 6.10 Å². The lowest BCUT2D eigenvalue weighted by molar-refractivity contribution is -0.167. The van der Waals surface area contributed by atoms with Gasteiger partial charge in [0.15, 0.2) is 6.10 Å². The van der Waals surface area contributed by atoms with Crippen LogP contribution in [0, 0.1) is 0 Å². The number of carbonyl (C=O) groups is 3. The Kier molecular flexibility index (Phi) is 48.4. The summed E-state index contributed by atoms with van der Waals surface area (Å²) < 4.78 is 16.8. The van der Waals surface area contributed by atoms with Crippen LogP contribution >= 0.6 is 0 Å². The largest absolute Gasteiger partial charge is 0.462 e. The number of ether oxygens (including phenoxy) is 3. The van der Waals surface area contributed by atoms with Gasteiger partial charge in [-0.25, -0.2) is 0 Å². The monoisotopic (exact) mass is 867 g/mol. The van der Waals surface area contributed by atoms with Gasteiger partial charge in [-0.1, -0.05) is 242 Å². The van der Waals surface area contributed by atoms with Gasteiger partial charge in [-0.3, -0.25) is 14.4 Å². The number of unbranched alkanes of at least 4 members (excludes halogenated alkanes) is 29. The molecule has 6 heteroatoms. The SMILES string of the molecule is CC\C=C/C=C\C=C/C=C\CCCCCCCC(=O)OC(COC(=O)CCCCCC/C=C\CCCC)COC(=O)CCCCCCCCCCCCCCCCCCCCC. The summed E-state index contributed by atoms with van der Waals surface area (Å²) in [7, 11) is 0. The number of rotatable bonds is 47.